The average molecular weight is 162 g/mol. The van der Waals surface area contributed by atoms with Gasteiger partial charge >= 0.3 is 0 Å². The van der Waals surface area contributed by atoms with Gasteiger partial charge in [-0.1, -0.05) is 0 Å². The Morgan fingerprint density at radius 3 is 2.45 bits per heavy atom. The Morgan fingerprint density at radius 1 is 1.45 bits per heavy atom. The van der Waals surface area contributed by atoms with E-state index in [0.717, 1.165) is 0 Å². The molecule has 4 atom stereocenters. The molecule has 1 heterocycles. The van der Waals surface area contributed by atoms with Crippen LogP contribution in [0.5, 0.6) is 0 Å². The highest BCUT2D eigenvalue weighted by atomic mass is 16.6. The summed E-state index contributed by atoms with van der Waals surface area (Å²) in [6.45, 7) is 3.10. The molecule has 1 aliphatic rings. The Bertz CT molecular complexity index is 145. The molecule has 11 heavy (non-hydrogen) atoms. The molecule has 0 aliphatic carbocycles. The quantitative estimate of drug-likeness (QED) is 0.437. The Labute approximate surface area is 65.4 Å². The lowest BCUT2D eigenvalue weighted by molar-refractivity contribution is -0.256. The van der Waals surface area contributed by atoms with Crippen LogP contribution in [0, 0.1) is 0 Å². The maximum Gasteiger partial charge on any atom is 0.157 e. The fraction of sp³-hybridized carbons (Fsp3) is 1.00. The highest BCUT2D eigenvalue weighted by molar-refractivity contribution is 4.90. The van der Waals surface area contributed by atoms with Crippen molar-refractivity contribution in [3.05, 3.63) is 0 Å². The minimum absolute atomic E-state index is 0.0541. The monoisotopic (exact) mass is 162 g/mol. The van der Waals surface area contributed by atoms with Crippen molar-refractivity contribution in [3.63, 3.8) is 0 Å². The molecule has 1 fully saturated rings. The van der Waals surface area contributed by atoms with Crippen LogP contribution in [-0.2, 0) is 4.74 Å². The molecule has 4 nitrogen and oxygen atoms in total. The predicted octanol–water partition coefficient (Wildman–Crippen LogP) is -0.775. The van der Waals surface area contributed by atoms with Gasteiger partial charge in [-0.2, -0.15) is 0 Å². The summed E-state index contributed by atoms with van der Waals surface area (Å²) in [7, 11) is 0. The van der Waals surface area contributed by atoms with Crippen molar-refractivity contribution >= 4 is 0 Å². The zero-order valence-electron chi connectivity index (χ0n) is 6.69. The number of aliphatic hydroxyl groups is 3. The molecule has 0 radical (unpaired) electrons. The standard InChI is InChI=1S/C7H14O4/c1-4-6(9)7(2,10)3-5(8)11-4/h4-6,8-10H,3H2,1-2H3/t4-,5+,6-,7-/m1/s1. The molecule has 0 unspecified atom stereocenters. The summed E-state index contributed by atoms with van der Waals surface area (Å²) in [5.74, 6) is 0. The van der Waals surface area contributed by atoms with Crippen molar-refractivity contribution in [1.29, 1.82) is 0 Å². The third-order valence-electron chi connectivity index (χ3n) is 2.04. The Hall–Kier alpha value is -0.160. The molecule has 0 aromatic heterocycles. The normalized spacial score (nSPS) is 52.6. The summed E-state index contributed by atoms with van der Waals surface area (Å²) in [5, 5.41) is 27.9. The molecule has 66 valence electrons. The number of hydrogen-bond donors (Lipinski definition) is 3. The van der Waals surface area contributed by atoms with Gasteiger partial charge in [0, 0.05) is 6.42 Å². The first kappa shape index (κ1) is 8.93. The van der Waals surface area contributed by atoms with E-state index in [1.54, 1.807) is 6.92 Å². The highest BCUT2D eigenvalue weighted by Gasteiger charge is 2.42. The summed E-state index contributed by atoms with van der Waals surface area (Å²) in [6, 6.07) is 0. The van der Waals surface area contributed by atoms with E-state index in [-0.39, 0.29) is 6.42 Å². The van der Waals surface area contributed by atoms with Gasteiger partial charge in [0.15, 0.2) is 6.29 Å². The first-order valence-electron chi connectivity index (χ1n) is 3.67. The minimum atomic E-state index is -1.24. The van der Waals surface area contributed by atoms with Crippen molar-refractivity contribution in [2.75, 3.05) is 0 Å². The van der Waals surface area contributed by atoms with Crippen LogP contribution in [0.25, 0.3) is 0 Å². The van der Waals surface area contributed by atoms with Gasteiger partial charge in [-0.15, -0.1) is 0 Å². The molecular formula is C7H14O4. The van der Waals surface area contributed by atoms with Crippen LogP contribution >= 0.6 is 0 Å². The van der Waals surface area contributed by atoms with Crippen LogP contribution in [0.2, 0.25) is 0 Å². The van der Waals surface area contributed by atoms with Crippen LogP contribution in [0.15, 0.2) is 0 Å². The molecule has 0 aromatic carbocycles. The predicted molar refractivity (Wildman–Crippen MR) is 37.8 cm³/mol. The van der Waals surface area contributed by atoms with Gasteiger partial charge in [0.05, 0.1) is 11.7 Å². The van der Waals surface area contributed by atoms with Gasteiger partial charge in [-0.25, -0.2) is 0 Å². The van der Waals surface area contributed by atoms with E-state index in [2.05, 4.69) is 0 Å². The van der Waals surface area contributed by atoms with Crippen molar-refractivity contribution in [2.45, 2.75) is 44.4 Å². The smallest absolute Gasteiger partial charge is 0.157 e. The molecule has 1 aliphatic heterocycles. The lowest BCUT2D eigenvalue weighted by Crippen LogP contribution is -2.54. The molecule has 0 aromatic rings. The first-order valence-corrected chi connectivity index (χ1v) is 3.67. The molecule has 0 amide bonds. The van der Waals surface area contributed by atoms with Gasteiger partial charge in [0.25, 0.3) is 0 Å². The number of rotatable bonds is 0. The SMILES string of the molecule is C[C@H]1O[C@H](O)C[C@@](C)(O)[C@@H]1O. The lowest BCUT2D eigenvalue weighted by Gasteiger charge is -2.40. The molecular weight excluding hydrogens is 148 g/mol. The van der Waals surface area contributed by atoms with Gasteiger partial charge in [-0.3, -0.25) is 0 Å². The van der Waals surface area contributed by atoms with Crippen molar-refractivity contribution in [3.8, 4) is 0 Å². The van der Waals surface area contributed by atoms with E-state index in [1.165, 1.54) is 6.92 Å². The van der Waals surface area contributed by atoms with E-state index in [4.69, 9.17) is 9.84 Å². The maximum absolute atomic E-state index is 9.49. The Morgan fingerprint density at radius 2 is 2.00 bits per heavy atom. The van der Waals surface area contributed by atoms with Crippen molar-refractivity contribution in [2.24, 2.45) is 0 Å². The summed E-state index contributed by atoms with van der Waals surface area (Å²) >= 11 is 0. The van der Waals surface area contributed by atoms with Crippen LogP contribution < -0.4 is 0 Å². The van der Waals surface area contributed by atoms with Gasteiger partial charge in [-0.05, 0) is 13.8 Å². The largest absolute Gasteiger partial charge is 0.387 e. The zero-order chi connectivity index (χ0) is 8.65. The van der Waals surface area contributed by atoms with E-state index in [9.17, 15) is 10.2 Å². The lowest BCUT2D eigenvalue weighted by atomic mass is 9.89. The van der Waals surface area contributed by atoms with Crippen LogP contribution in [-0.4, -0.2) is 39.4 Å². The fourth-order valence-corrected chi connectivity index (χ4v) is 1.35. The number of ether oxygens (including phenoxy) is 1. The Balaban J connectivity index is 2.67. The van der Waals surface area contributed by atoms with E-state index >= 15 is 0 Å². The minimum Gasteiger partial charge on any atom is -0.387 e. The number of hydrogen-bond acceptors (Lipinski definition) is 4. The van der Waals surface area contributed by atoms with E-state index in [0.29, 0.717) is 0 Å². The van der Waals surface area contributed by atoms with Crippen molar-refractivity contribution < 1.29 is 20.1 Å². The summed E-state index contributed by atoms with van der Waals surface area (Å²) in [5.41, 5.74) is -1.24. The summed E-state index contributed by atoms with van der Waals surface area (Å²) in [4.78, 5) is 0. The molecule has 1 rings (SSSR count). The van der Waals surface area contributed by atoms with E-state index < -0.39 is 24.1 Å². The second-order valence-electron chi connectivity index (χ2n) is 3.30. The van der Waals surface area contributed by atoms with Gasteiger partial charge in [0.1, 0.15) is 6.10 Å². The second kappa shape index (κ2) is 2.71. The zero-order valence-corrected chi connectivity index (χ0v) is 6.69. The average Bonchev–Trinajstić information content (AvgIpc) is 1.81. The Kier molecular flexibility index (Phi) is 2.20. The van der Waals surface area contributed by atoms with Gasteiger partial charge in [0.2, 0.25) is 0 Å². The molecule has 0 spiro atoms. The fourth-order valence-electron chi connectivity index (χ4n) is 1.35. The van der Waals surface area contributed by atoms with Crippen LogP contribution in [0.3, 0.4) is 0 Å². The van der Waals surface area contributed by atoms with Crippen LogP contribution in [0.1, 0.15) is 20.3 Å². The number of aliphatic hydroxyl groups excluding tert-OH is 2. The highest BCUT2D eigenvalue weighted by Crippen LogP contribution is 2.27. The summed E-state index contributed by atoms with van der Waals surface area (Å²) in [6.07, 6.45) is -2.36. The first-order chi connectivity index (χ1) is 4.93. The molecule has 0 bridgehead atoms. The van der Waals surface area contributed by atoms with Crippen molar-refractivity contribution in [1.82, 2.24) is 0 Å². The third-order valence-corrected chi connectivity index (χ3v) is 2.04. The molecule has 4 heteroatoms. The topological polar surface area (TPSA) is 69.9 Å². The molecule has 3 N–H and O–H groups in total. The second-order valence-corrected chi connectivity index (χ2v) is 3.30. The summed E-state index contributed by atoms with van der Waals surface area (Å²) < 4.78 is 4.88. The van der Waals surface area contributed by atoms with Gasteiger partial charge < -0.3 is 20.1 Å². The molecule has 1 saturated heterocycles. The molecule has 0 saturated carbocycles. The van der Waals surface area contributed by atoms with Crippen LogP contribution in [0.4, 0.5) is 0 Å². The maximum atomic E-state index is 9.49. The van der Waals surface area contributed by atoms with E-state index in [1.807, 2.05) is 0 Å². The third kappa shape index (κ3) is 1.70.